The summed E-state index contributed by atoms with van der Waals surface area (Å²) in [5.74, 6) is -2.38. The lowest BCUT2D eigenvalue weighted by Crippen LogP contribution is -2.59. The van der Waals surface area contributed by atoms with Gasteiger partial charge in [-0.15, -0.1) is 13.2 Å². The topological polar surface area (TPSA) is 84.9 Å². The van der Waals surface area contributed by atoms with Crippen LogP contribution in [0.3, 0.4) is 0 Å². The predicted octanol–water partition coefficient (Wildman–Crippen LogP) is 7.23. The van der Waals surface area contributed by atoms with E-state index in [1.54, 1.807) is 31.7 Å². The molecule has 1 aromatic rings. The summed E-state index contributed by atoms with van der Waals surface area (Å²) in [6.45, 7) is 9.92. The molecule has 0 spiro atoms. The van der Waals surface area contributed by atoms with E-state index < -0.39 is 52.3 Å². The van der Waals surface area contributed by atoms with Crippen LogP contribution < -0.4 is 10.1 Å². The van der Waals surface area contributed by atoms with E-state index in [-0.39, 0.29) is 29.2 Å². The first-order valence-electron chi connectivity index (χ1n) is 14.5. The Morgan fingerprint density at radius 2 is 1.76 bits per heavy atom. The SMILES string of the molecule is CC(C)(C)OC(=O)N1CC2C3CCC(C(=O)Nc4ccc(F)cc4OC(F)(F)F)[C@@]3(C)CCC2[C@@]2(C)CCC(=O)C=C12. The number of nitrogens with one attached hydrogen (secondary N) is 1. The Morgan fingerprint density at radius 1 is 1.05 bits per heavy atom. The zero-order chi connectivity index (χ0) is 30.8. The lowest BCUT2D eigenvalue weighted by atomic mass is 9.49. The van der Waals surface area contributed by atoms with Crippen LogP contribution in [0.15, 0.2) is 30.0 Å². The molecule has 1 aliphatic heterocycles. The minimum atomic E-state index is -5.05. The maximum absolute atomic E-state index is 13.7. The molecule has 2 saturated carbocycles. The maximum Gasteiger partial charge on any atom is 0.573 e. The van der Waals surface area contributed by atoms with Gasteiger partial charge in [-0.25, -0.2) is 9.18 Å². The summed E-state index contributed by atoms with van der Waals surface area (Å²) in [5.41, 5.74) is -1.15. The van der Waals surface area contributed by atoms with Crippen LogP contribution in [-0.2, 0) is 14.3 Å². The summed E-state index contributed by atoms with van der Waals surface area (Å²) in [4.78, 5) is 41.2. The van der Waals surface area contributed by atoms with Gasteiger partial charge in [-0.2, -0.15) is 0 Å². The van der Waals surface area contributed by atoms with E-state index in [0.29, 0.717) is 44.0 Å². The van der Waals surface area contributed by atoms with E-state index >= 15 is 0 Å². The number of likely N-dealkylation sites (tertiary alicyclic amines) is 1. The molecule has 11 heteroatoms. The third kappa shape index (κ3) is 5.51. The van der Waals surface area contributed by atoms with Gasteiger partial charge in [-0.05, 0) is 88.2 Å². The zero-order valence-electron chi connectivity index (χ0n) is 24.6. The van der Waals surface area contributed by atoms with Crippen molar-refractivity contribution >= 4 is 23.5 Å². The Morgan fingerprint density at radius 3 is 2.43 bits per heavy atom. The number of piperidine rings is 1. The Labute approximate surface area is 243 Å². The molecule has 0 radical (unpaired) electrons. The van der Waals surface area contributed by atoms with Gasteiger partial charge < -0.3 is 14.8 Å². The molecule has 5 rings (SSSR count). The van der Waals surface area contributed by atoms with Crippen LogP contribution in [0.1, 0.15) is 73.1 Å². The van der Waals surface area contributed by atoms with E-state index in [0.717, 1.165) is 25.0 Å². The minimum absolute atomic E-state index is 0.0117. The van der Waals surface area contributed by atoms with Crippen molar-refractivity contribution < 1.29 is 41.4 Å². The number of nitrogens with zero attached hydrogens (tertiary/aromatic N) is 1. The molecule has 3 aliphatic carbocycles. The zero-order valence-corrected chi connectivity index (χ0v) is 24.6. The van der Waals surface area contributed by atoms with Crippen LogP contribution in [0.25, 0.3) is 0 Å². The molecule has 42 heavy (non-hydrogen) atoms. The van der Waals surface area contributed by atoms with E-state index in [4.69, 9.17) is 4.74 Å². The number of hydrogen-bond acceptors (Lipinski definition) is 5. The van der Waals surface area contributed by atoms with E-state index in [1.165, 1.54) is 0 Å². The number of rotatable bonds is 3. The second-order valence-corrected chi connectivity index (χ2v) is 13.7. The largest absolute Gasteiger partial charge is 0.573 e. The normalized spacial score (nSPS) is 32.7. The highest BCUT2D eigenvalue weighted by Crippen LogP contribution is 2.65. The molecule has 230 valence electrons. The average Bonchev–Trinajstić information content (AvgIpc) is 3.21. The van der Waals surface area contributed by atoms with Crippen molar-refractivity contribution in [1.82, 2.24) is 4.90 Å². The van der Waals surface area contributed by atoms with Crippen LogP contribution in [0.5, 0.6) is 5.75 Å². The van der Waals surface area contributed by atoms with Gasteiger partial charge in [-0.3, -0.25) is 14.5 Å². The molecular formula is C31H38F4N2O5. The lowest BCUT2D eigenvalue weighted by Gasteiger charge is -2.60. The van der Waals surface area contributed by atoms with Crippen LogP contribution >= 0.6 is 0 Å². The fraction of sp³-hybridized carbons (Fsp3) is 0.645. The lowest BCUT2D eigenvalue weighted by molar-refractivity contribution is -0.274. The fourth-order valence-corrected chi connectivity index (χ4v) is 8.25. The highest BCUT2D eigenvalue weighted by Gasteiger charge is 2.62. The third-order valence-electron chi connectivity index (χ3n) is 10.1. The number of alkyl halides is 3. The minimum Gasteiger partial charge on any atom is -0.443 e. The van der Waals surface area contributed by atoms with E-state index in [1.807, 2.05) is 0 Å². The van der Waals surface area contributed by atoms with Crippen LogP contribution in [0, 0.1) is 40.3 Å². The number of carbonyl (C=O) groups is 3. The molecule has 1 saturated heterocycles. The van der Waals surface area contributed by atoms with Crippen molar-refractivity contribution in [2.75, 3.05) is 11.9 Å². The second-order valence-electron chi connectivity index (χ2n) is 13.7. The monoisotopic (exact) mass is 594 g/mol. The maximum atomic E-state index is 13.7. The number of hydrogen-bond donors (Lipinski definition) is 1. The van der Waals surface area contributed by atoms with Crippen molar-refractivity contribution in [1.29, 1.82) is 0 Å². The first kappa shape index (κ1) is 30.4. The molecule has 6 atom stereocenters. The van der Waals surface area contributed by atoms with Gasteiger partial charge in [-0.1, -0.05) is 13.8 Å². The van der Waals surface area contributed by atoms with Gasteiger partial charge in [0.2, 0.25) is 5.91 Å². The number of halogens is 4. The molecule has 1 aromatic carbocycles. The number of allylic oxidation sites excluding steroid dienone is 2. The first-order chi connectivity index (χ1) is 19.4. The third-order valence-corrected chi connectivity index (χ3v) is 10.1. The molecule has 4 unspecified atom stereocenters. The summed E-state index contributed by atoms with van der Waals surface area (Å²) in [6.07, 6.45) is -0.189. The van der Waals surface area contributed by atoms with Crippen molar-refractivity contribution in [3.63, 3.8) is 0 Å². The molecular weight excluding hydrogens is 556 g/mol. The molecule has 3 fully saturated rings. The Bertz CT molecular complexity index is 1320. The standard InChI is InChI=1S/C31H38F4N2O5/c1-28(2,3)42-27(40)37-16-19-20-7-8-22(26(39)36-23-9-6-17(32)14-24(23)41-31(33,34)35)29(20,4)13-11-21(19)30(5)12-10-18(38)15-25(30)37/h6,9,14-15,19-22H,7-8,10-13,16H2,1-5H3,(H,36,39)/t19?,20?,21?,22?,29-,30+/m0/s1. The Balaban J connectivity index is 1.42. The smallest absolute Gasteiger partial charge is 0.443 e. The van der Waals surface area contributed by atoms with Gasteiger partial charge in [0.1, 0.15) is 11.4 Å². The van der Waals surface area contributed by atoms with Gasteiger partial charge in [0.05, 0.1) is 5.69 Å². The van der Waals surface area contributed by atoms with Crippen LogP contribution in [0.4, 0.5) is 28.0 Å². The van der Waals surface area contributed by atoms with Crippen LogP contribution in [-0.4, -0.2) is 41.2 Å². The quantitative estimate of drug-likeness (QED) is 0.374. The Kier molecular flexibility index (Phi) is 7.41. The summed E-state index contributed by atoms with van der Waals surface area (Å²) >= 11 is 0. The molecule has 4 aliphatic rings. The summed E-state index contributed by atoms with van der Waals surface area (Å²) in [6, 6.07) is 2.64. The van der Waals surface area contributed by atoms with Crippen molar-refractivity contribution in [3.8, 4) is 5.75 Å². The van der Waals surface area contributed by atoms with Gasteiger partial charge >= 0.3 is 12.5 Å². The van der Waals surface area contributed by atoms with Crippen molar-refractivity contribution in [2.45, 2.75) is 85.1 Å². The number of ether oxygens (including phenoxy) is 2. The molecule has 0 bridgehead atoms. The summed E-state index contributed by atoms with van der Waals surface area (Å²) in [5, 5.41) is 2.58. The number of carbonyl (C=O) groups excluding carboxylic acids is 3. The summed E-state index contributed by atoms with van der Waals surface area (Å²) < 4.78 is 62.4. The average molecular weight is 595 g/mol. The van der Waals surface area contributed by atoms with E-state index in [9.17, 15) is 31.9 Å². The number of fused-ring (bicyclic) bond motifs is 5. The number of ketones is 1. The fourth-order valence-electron chi connectivity index (χ4n) is 8.25. The number of benzene rings is 1. The van der Waals surface area contributed by atoms with Gasteiger partial charge in [0.15, 0.2) is 11.5 Å². The Hall–Kier alpha value is -3.11. The van der Waals surface area contributed by atoms with Gasteiger partial charge in [0.25, 0.3) is 0 Å². The molecule has 2 amide bonds. The van der Waals surface area contributed by atoms with Crippen molar-refractivity contribution in [3.05, 3.63) is 35.8 Å². The van der Waals surface area contributed by atoms with E-state index in [2.05, 4.69) is 23.9 Å². The van der Waals surface area contributed by atoms with Crippen molar-refractivity contribution in [2.24, 2.45) is 34.5 Å². The first-order valence-corrected chi connectivity index (χ1v) is 14.5. The molecule has 1 N–H and O–H groups in total. The van der Waals surface area contributed by atoms with Crippen LogP contribution in [0.2, 0.25) is 0 Å². The van der Waals surface area contributed by atoms with Gasteiger partial charge in [0, 0.05) is 42.1 Å². The number of amides is 2. The highest BCUT2D eigenvalue weighted by atomic mass is 19.4. The second kappa shape index (κ2) is 10.3. The number of anilines is 1. The molecule has 1 heterocycles. The molecule has 0 aromatic heterocycles. The molecule has 7 nitrogen and oxygen atoms in total. The predicted molar refractivity (Wildman–Crippen MR) is 146 cm³/mol. The summed E-state index contributed by atoms with van der Waals surface area (Å²) in [7, 11) is 0. The highest BCUT2D eigenvalue weighted by molar-refractivity contribution is 5.95.